The number of aryl methyl sites for hydroxylation is 7. The molecule has 0 spiro atoms. The normalized spacial score (nSPS) is 13.5. The maximum Gasteiger partial charge on any atom is 0.330 e. The van der Waals surface area contributed by atoms with E-state index < -0.39 is 38.4 Å². The Bertz CT molecular complexity index is 5550. The molecule has 12 rings (SSSR count). The minimum atomic E-state index is -1.31. The van der Waals surface area contributed by atoms with Crippen LogP contribution in [-0.4, -0.2) is 86.5 Å². The summed E-state index contributed by atoms with van der Waals surface area (Å²) in [4.78, 5) is 38.9. The van der Waals surface area contributed by atoms with Crippen LogP contribution in [0.25, 0.3) is 65.7 Å². The quantitative estimate of drug-likeness (QED) is 0.0373. The van der Waals surface area contributed by atoms with E-state index in [4.69, 9.17) is 29.4 Å². The molecule has 12 aromatic rings. The van der Waals surface area contributed by atoms with Crippen LogP contribution in [0, 0.1) is 117 Å². The fourth-order valence-electron chi connectivity index (χ4n) is 15.3. The summed E-state index contributed by atoms with van der Waals surface area (Å²) in [5.41, 5.74) is 23.2. The van der Waals surface area contributed by atoms with Crippen molar-refractivity contribution in [2.45, 2.75) is 191 Å². The van der Waals surface area contributed by atoms with Crippen LogP contribution in [0.3, 0.4) is 0 Å². The third-order valence-electron chi connectivity index (χ3n) is 22.4. The molecular formula is C86H105Br2N11O5Si2. The molecule has 0 aliphatic carbocycles. The van der Waals surface area contributed by atoms with E-state index in [-0.39, 0.29) is 0 Å². The number of methoxy groups -OCH3 is 1. The summed E-state index contributed by atoms with van der Waals surface area (Å²) in [7, 11) is 4.97. The van der Waals surface area contributed by atoms with Crippen molar-refractivity contribution in [3.05, 3.63) is 195 Å². The summed E-state index contributed by atoms with van der Waals surface area (Å²) in [6.45, 7) is 47.4. The molecule has 106 heavy (non-hydrogen) atoms. The van der Waals surface area contributed by atoms with Crippen LogP contribution < -0.4 is 0 Å². The van der Waals surface area contributed by atoms with Crippen molar-refractivity contribution in [1.29, 1.82) is 15.8 Å². The lowest BCUT2D eigenvalue weighted by Gasteiger charge is -2.29. The van der Waals surface area contributed by atoms with Gasteiger partial charge in [-0.15, -0.1) is 0 Å². The van der Waals surface area contributed by atoms with Gasteiger partial charge in [0, 0.05) is 106 Å². The molecule has 6 aromatic heterocycles. The van der Waals surface area contributed by atoms with Crippen molar-refractivity contribution in [3.63, 3.8) is 0 Å². The van der Waals surface area contributed by atoms with Gasteiger partial charge in [0.25, 0.3) is 0 Å². The van der Waals surface area contributed by atoms with Crippen molar-refractivity contribution in [2.24, 2.45) is 21.1 Å². The largest absolute Gasteiger partial charge is 0.468 e. The van der Waals surface area contributed by atoms with Crippen molar-refractivity contribution >= 4 is 126 Å². The lowest BCUT2D eigenvalue weighted by Crippen LogP contribution is -2.33. The van der Waals surface area contributed by atoms with Crippen molar-refractivity contribution < 1.29 is 23.8 Å². The minimum Gasteiger partial charge on any atom is -0.468 e. The number of fused-ring (bicyclic) bond motifs is 6. The van der Waals surface area contributed by atoms with E-state index in [0.717, 1.165) is 122 Å². The number of aromatic nitrogens is 8. The van der Waals surface area contributed by atoms with Gasteiger partial charge < -0.3 is 46.8 Å². The summed E-state index contributed by atoms with van der Waals surface area (Å²) < 4.78 is 29.8. The van der Waals surface area contributed by atoms with Crippen LogP contribution >= 0.6 is 31.9 Å². The zero-order chi connectivity index (χ0) is 78.4. The van der Waals surface area contributed by atoms with Gasteiger partial charge in [0.2, 0.25) is 0 Å². The molecule has 0 aliphatic heterocycles. The van der Waals surface area contributed by atoms with Gasteiger partial charge in [-0.05, 0) is 266 Å². The Hall–Kier alpha value is -8.66. The predicted octanol–water partition coefficient (Wildman–Crippen LogP) is 20.6. The average Bonchev–Trinajstić information content (AvgIpc) is 1.51. The Labute approximate surface area is 645 Å². The Balaban J connectivity index is 0.000000174. The van der Waals surface area contributed by atoms with Gasteiger partial charge in [-0.2, -0.15) is 15.8 Å². The molecule has 0 amide bonds. The third-order valence-corrected chi connectivity index (χ3v) is 26.8. The molecule has 3 unspecified atom stereocenters. The number of carbonyl (C=O) groups is 2. The number of nitrogens with zero attached hydrogens (tertiary/aromatic N) is 10. The number of halogens is 2. The highest BCUT2D eigenvalue weighted by molar-refractivity contribution is 9.10. The summed E-state index contributed by atoms with van der Waals surface area (Å²) >= 11 is 7.11. The number of imidazole rings is 2. The zero-order valence-corrected chi connectivity index (χ0v) is 72.1. The fourth-order valence-corrected chi connectivity index (χ4v) is 17.5. The van der Waals surface area contributed by atoms with E-state index in [0.29, 0.717) is 38.1 Å². The molecule has 0 saturated heterocycles. The number of ether oxygens (including phenoxy) is 3. The highest BCUT2D eigenvalue weighted by atomic mass is 79.9. The maximum absolute atomic E-state index is 13.4. The van der Waals surface area contributed by atoms with Gasteiger partial charge >= 0.3 is 5.97 Å². The van der Waals surface area contributed by atoms with E-state index in [1.165, 1.54) is 73.6 Å². The number of aldehydes is 1. The molecule has 0 fully saturated rings. The molecule has 6 heterocycles. The molecule has 0 radical (unpaired) electrons. The first-order chi connectivity index (χ1) is 49.7. The maximum atomic E-state index is 13.4. The Morgan fingerprint density at radius 2 is 1.01 bits per heavy atom. The van der Waals surface area contributed by atoms with Crippen LogP contribution in [-0.2, 0) is 81.1 Å². The highest BCUT2D eigenvalue weighted by Gasteiger charge is 2.42. The van der Waals surface area contributed by atoms with E-state index in [1.54, 1.807) is 6.92 Å². The van der Waals surface area contributed by atoms with Gasteiger partial charge in [-0.1, -0.05) is 71.1 Å². The first-order valence-electron chi connectivity index (χ1n) is 36.2. The average molecular weight is 1590 g/mol. The number of hydrogen-bond donors (Lipinski definition) is 1. The summed E-state index contributed by atoms with van der Waals surface area (Å²) in [6, 6.07) is 29.5. The molecule has 0 aliphatic rings. The summed E-state index contributed by atoms with van der Waals surface area (Å²) in [5, 5.41) is 33.2. The first kappa shape index (κ1) is 81.4. The molecule has 0 saturated carbocycles. The molecule has 20 heteroatoms. The van der Waals surface area contributed by atoms with Crippen LogP contribution in [0.2, 0.25) is 51.4 Å². The molecule has 16 nitrogen and oxygen atoms in total. The number of nitrogens with one attached hydrogen (secondary N) is 1. The topological polar surface area (TPSA) is 199 Å². The number of rotatable bonds is 18. The summed E-state index contributed by atoms with van der Waals surface area (Å²) in [5.74, 6) is 0.849. The summed E-state index contributed by atoms with van der Waals surface area (Å²) in [6.07, 6.45) is 9.74. The smallest absolute Gasteiger partial charge is 0.330 e. The Morgan fingerprint density at radius 1 is 0.547 bits per heavy atom. The number of carbonyl (C=O) groups excluding carboxylic acids is 2. The number of esters is 1. The van der Waals surface area contributed by atoms with Gasteiger partial charge in [0.15, 0.2) is 5.41 Å². The lowest BCUT2D eigenvalue weighted by atomic mass is 9.76. The number of hydrogen-bond acceptors (Lipinski definition) is 10. The van der Waals surface area contributed by atoms with Crippen LogP contribution in [0.1, 0.15) is 121 Å². The highest BCUT2D eigenvalue weighted by Crippen LogP contribution is 2.45. The van der Waals surface area contributed by atoms with Crippen molar-refractivity contribution in [3.8, 4) is 18.2 Å². The van der Waals surface area contributed by atoms with E-state index >= 15 is 0 Å². The van der Waals surface area contributed by atoms with E-state index in [9.17, 15) is 20.1 Å². The van der Waals surface area contributed by atoms with Crippen molar-refractivity contribution in [2.75, 3.05) is 20.3 Å². The van der Waals surface area contributed by atoms with E-state index in [1.807, 2.05) is 81.9 Å². The number of benzene rings is 6. The van der Waals surface area contributed by atoms with E-state index in [2.05, 4.69) is 239 Å². The Morgan fingerprint density at radius 3 is 1.53 bits per heavy atom. The molecule has 0 bridgehead atoms. The third kappa shape index (κ3) is 15.3. The van der Waals surface area contributed by atoms with Gasteiger partial charge in [-0.3, -0.25) is 0 Å². The number of aromatic amines is 1. The second-order valence-electron chi connectivity index (χ2n) is 31.8. The standard InChI is InChI=1S/C33H48BrN3O3Si2.C22H21BrN4.C17H20N2O2.C14H16N2/c1-23-24(2)30(27-13-14-36(31(27)25(23)3)21-39-15-17-41(5,6)7)33(4,20-38)32-35-28-19-26(34)11-12-29(28)37(32)22-40-16-18-42(8,9)10;1-12-13(2)19(16-8-9-27(5)20(16)14(12)3)22(4,11-24)21-25-17-7-6-15(23)10-18(17)26-21;1-10-11(2)14(17(4,9-18)16(20)21-6)13-7-8-19(5)15(13)12(10)3;1-9-10(2)12(5-7-15)13-6-8-16(4)14(13)11(9)3/h11-14,19-20H,15-18,21-22H2,1-10H3;6-10H,1-5H3,(H,25,26);7-8H,1-6H3;6,8H,5H2,1-4H3. The van der Waals surface area contributed by atoms with Crippen LogP contribution in [0.5, 0.6) is 0 Å². The molecular weight excluding hydrogens is 1480 g/mol. The predicted molar refractivity (Wildman–Crippen MR) is 446 cm³/mol. The Kier molecular flexibility index (Phi) is 24.3. The second kappa shape index (κ2) is 31.7. The lowest BCUT2D eigenvalue weighted by molar-refractivity contribution is -0.144. The molecule has 3 atom stereocenters. The zero-order valence-electron chi connectivity index (χ0n) is 66.9. The number of nitriles is 3. The van der Waals surface area contributed by atoms with Crippen LogP contribution in [0.15, 0.2) is 94.4 Å². The van der Waals surface area contributed by atoms with Gasteiger partial charge in [0.1, 0.15) is 42.2 Å². The SMILES string of the molecule is COC(=O)C(C)(C#N)c1c(C)c(C)c(C)c2c1ccn2C.Cc1c(C)c(C)c2c(ccn2C)c1C(C)(C#N)c1nc2ccc(Br)cc2[nH]1.Cc1c(C)c(C)c2c(ccn2C)c1CC#N.Cc1c(C)c(C)c2c(ccn2COCC[Si](C)(C)C)c1C(C)(C=O)c1nc2cc(Br)ccc2n1COCC[Si](C)(C)C. The molecule has 1 N–H and O–H groups in total. The minimum absolute atomic E-state index is 0.348. The van der Waals surface area contributed by atoms with Crippen LogP contribution in [0.4, 0.5) is 0 Å². The van der Waals surface area contributed by atoms with Gasteiger partial charge in [0.05, 0.1) is 75.9 Å². The van der Waals surface area contributed by atoms with Gasteiger partial charge in [-0.25, -0.2) is 14.8 Å². The first-order valence-corrected chi connectivity index (χ1v) is 45.2. The molecule has 556 valence electrons. The number of H-pyrrole nitrogens is 1. The molecule has 6 aromatic carbocycles. The monoisotopic (exact) mass is 1590 g/mol. The van der Waals surface area contributed by atoms with Crippen molar-refractivity contribution in [1.82, 2.24) is 37.8 Å². The second-order valence-corrected chi connectivity index (χ2v) is 44.9. The fraction of sp³-hybridized carbons (Fsp3) is 0.407.